The van der Waals surface area contributed by atoms with Gasteiger partial charge in [0.25, 0.3) is 0 Å². The third-order valence-corrected chi connectivity index (χ3v) is 4.08. The van der Waals surface area contributed by atoms with Crippen LogP contribution in [0.5, 0.6) is 0 Å². The van der Waals surface area contributed by atoms with Gasteiger partial charge in [-0.25, -0.2) is 0 Å². The highest BCUT2D eigenvalue weighted by Crippen LogP contribution is 2.28. The van der Waals surface area contributed by atoms with Crippen molar-refractivity contribution in [1.82, 2.24) is 0 Å². The number of aryl methyl sites for hydroxylation is 1. The Morgan fingerprint density at radius 1 is 1.60 bits per heavy atom. The van der Waals surface area contributed by atoms with Gasteiger partial charge in [-0.3, -0.25) is 4.79 Å². The van der Waals surface area contributed by atoms with Crippen LogP contribution in [0, 0.1) is 12.8 Å². The van der Waals surface area contributed by atoms with Gasteiger partial charge < -0.3 is 5.73 Å². The molecule has 3 heteroatoms. The summed E-state index contributed by atoms with van der Waals surface area (Å²) in [5, 5.41) is 1.96. The van der Waals surface area contributed by atoms with Crippen LogP contribution >= 0.6 is 11.3 Å². The molecule has 15 heavy (non-hydrogen) atoms. The van der Waals surface area contributed by atoms with Crippen molar-refractivity contribution in [3.8, 4) is 0 Å². The zero-order valence-corrected chi connectivity index (χ0v) is 9.85. The van der Waals surface area contributed by atoms with Gasteiger partial charge in [0.05, 0.1) is 0 Å². The lowest BCUT2D eigenvalue weighted by molar-refractivity contribution is 0.0959. The van der Waals surface area contributed by atoms with Gasteiger partial charge in [0.1, 0.15) is 0 Å². The Morgan fingerprint density at radius 2 is 2.40 bits per heavy atom. The minimum Gasteiger partial charge on any atom is -0.327 e. The van der Waals surface area contributed by atoms with Crippen molar-refractivity contribution in [3.05, 3.63) is 21.9 Å². The fourth-order valence-corrected chi connectivity index (χ4v) is 2.97. The maximum atomic E-state index is 11.9. The van der Waals surface area contributed by atoms with Crippen LogP contribution in [0.2, 0.25) is 0 Å². The lowest BCUT2D eigenvalue weighted by atomic mass is 9.95. The number of Topliss-reactive ketones (excluding diaryl/α,β-unsaturated/α-hetero) is 1. The molecule has 0 amide bonds. The zero-order chi connectivity index (χ0) is 10.8. The lowest BCUT2D eigenvalue weighted by Gasteiger charge is -2.13. The zero-order valence-electron chi connectivity index (χ0n) is 9.03. The third kappa shape index (κ3) is 2.47. The number of thiophene rings is 1. The van der Waals surface area contributed by atoms with E-state index in [1.807, 2.05) is 18.4 Å². The first kappa shape index (κ1) is 10.8. The summed E-state index contributed by atoms with van der Waals surface area (Å²) < 4.78 is 0. The monoisotopic (exact) mass is 223 g/mol. The summed E-state index contributed by atoms with van der Waals surface area (Å²) in [4.78, 5) is 13.1. The van der Waals surface area contributed by atoms with Gasteiger partial charge in [0, 0.05) is 28.3 Å². The Bertz CT molecular complexity index is 358. The lowest BCUT2D eigenvalue weighted by Crippen LogP contribution is -2.26. The summed E-state index contributed by atoms with van der Waals surface area (Å²) in [5.41, 5.74) is 6.83. The van der Waals surface area contributed by atoms with Crippen LogP contribution in [0.1, 0.15) is 40.9 Å². The molecule has 2 nitrogen and oxygen atoms in total. The van der Waals surface area contributed by atoms with Gasteiger partial charge in [-0.05, 0) is 31.7 Å². The highest BCUT2D eigenvalue weighted by Gasteiger charge is 2.26. The van der Waals surface area contributed by atoms with Gasteiger partial charge in [-0.1, -0.05) is 6.42 Å². The fraction of sp³-hybridized carbons (Fsp3) is 0.583. The summed E-state index contributed by atoms with van der Waals surface area (Å²) >= 11 is 1.64. The molecule has 2 N–H and O–H groups in total. The van der Waals surface area contributed by atoms with Gasteiger partial charge in [-0.2, -0.15) is 0 Å². The van der Waals surface area contributed by atoms with Crippen LogP contribution in [0.25, 0.3) is 0 Å². The Morgan fingerprint density at radius 3 is 2.93 bits per heavy atom. The van der Waals surface area contributed by atoms with Crippen LogP contribution < -0.4 is 5.73 Å². The molecule has 1 saturated carbocycles. The SMILES string of the molecule is Cc1cc(C(=O)CC2CCCC2N)cs1. The summed E-state index contributed by atoms with van der Waals surface area (Å²) in [5.74, 6) is 0.680. The van der Waals surface area contributed by atoms with Gasteiger partial charge in [0.15, 0.2) is 5.78 Å². The van der Waals surface area contributed by atoms with E-state index in [2.05, 4.69) is 0 Å². The largest absolute Gasteiger partial charge is 0.327 e. The van der Waals surface area contributed by atoms with E-state index >= 15 is 0 Å². The summed E-state index contributed by atoms with van der Waals surface area (Å²) in [6.07, 6.45) is 4.02. The first-order valence-electron chi connectivity index (χ1n) is 5.50. The van der Waals surface area contributed by atoms with Gasteiger partial charge in [-0.15, -0.1) is 11.3 Å². The van der Waals surface area contributed by atoms with E-state index in [1.165, 1.54) is 11.3 Å². The van der Waals surface area contributed by atoms with Crippen molar-refractivity contribution in [2.75, 3.05) is 0 Å². The molecule has 1 aromatic heterocycles. The molecule has 1 aliphatic carbocycles. The molecular formula is C12H17NOS. The Hall–Kier alpha value is -0.670. The maximum absolute atomic E-state index is 11.9. The van der Waals surface area contributed by atoms with Gasteiger partial charge >= 0.3 is 0 Å². The Labute approximate surface area is 94.5 Å². The van der Waals surface area contributed by atoms with Crippen molar-refractivity contribution < 1.29 is 4.79 Å². The number of hydrogen-bond donors (Lipinski definition) is 1. The molecule has 0 aliphatic heterocycles. The van der Waals surface area contributed by atoms with Crippen LogP contribution in [0.15, 0.2) is 11.4 Å². The number of carbonyl (C=O) groups is 1. The summed E-state index contributed by atoms with van der Waals surface area (Å²) in [6.45, 7) is 2.03. The average molecular weight is 223 g/mol. The predicted molar refractivity (Wildman–Crippen MR) is 63.3 cm³/mol. The molecule has 1 heterocycles. The molecular weight excluding hydrogens is 206 g/mol. The highest BCUT2D eigenvalue weighted by atomic mass is 32.1. The van der Waals surface area contributed by atoms with Crippen molar-refractivity contribution in [2.45, 2.75) is 38.6 Å². The number of nitrogens with two attached hydrogens (primary N) is 1. The molecule has 2 unspecified atom stereocenters. The molecule has 1 aromatic rings. The topological polar surface area (TPSA) is 43.1 Å². The first-order valence-corrected chi connectivity index (χ1v) is 6.38. The molecule has 0 spiro atoms. The van der Waals surface area contributed by atoms with E-state index in [0.717, 1.165) is 18.4 Å². The molecule has 0 radical (unpaired) electrons. The van der Waals surface area contributed by atoms with Crippen molar-refractivity contribution in [3.63, 3.8) is 0 Å². The van der Waals surface area contributed by atoms with Crippen LogP contribution in [0.3, 0.4) is 0 Å². The van der Waals surface area contributed by atoms with E-state index in [-0.39, 0.29) is 11.8 Å². The molecule has 0 bridgehead atoms. The normalized spacial score (nSPS) is 25.7. The highest BCUT2D eigenvalue weighted by molar-refractivity contribution is 7.10. The van der Waals surface area contributed by atoms with E-state index < -0.39 is 0 Å². The van der Waals surface area contributed by atoms with Crippen molar-refractivity contribution >= 4 is 17.1 Å². The van der Waals surface area contributed by atoms with Crippen LogP contribution in [-0.4, -0.2) is 11.8 Å². The average Bonchev–Trinajstić information content (AvgIpc) is 2.77. The number of ketones is 1. The minimum absolute atomic E-state index is 0.244. The molecule has 1 fully saturated rings. The number of carbonyl (C=O) groups excluding carboxylic acids is 1. The number of rotatable bonds is 3. The van der Waals surface area contributed by atoms with Crippen LogP contribution in [0.4, 0.5) is 0 Å². The second-order valence-electron chi connectivity index (χ2n) is 4.43. The standard InChI is InChI=1S/C12H17NOS/c1-8-5-10(7-15-8)12(14)6-9-3-2-4-11(9)13/h5,7,9,11H,2-4,6,13H2,1H3. The summed E-state index contributed by atoms with van der Waals surface area (Å²) in [7, 11) is 0. The van der Waals surface area contributed by atoms with Crippen LogP contribution in [-0.2, 0) is 0 Å². The van der Waals surface area contributed by atoms with E-state index in [0.29, 0.717) is 12.3 Å². The van der Waals surface area contributed by atoms with Crippen molar-refractivity contribution in [2.24, 2.45) is 11.7 Å². The molecule has 82 valence electrons. The maximum Gasteiger partial charge on any atom is 0.164 e. The number of hydrogen-bond acceptors (Lipinski definition) is 3. The van der Waals surface area contributed by atoms with E-state index in [9.17, 15) is 4.79 Å². The van der Waals surface area contributed by atoms with Gasteiger partial charge in [0.2, 0.25) is 0 Å². The van der Waals surface area contributed by atoms with E-state index in [4.69, 9.17) is 5.73 Å². The minimum atomic E-state index is 0.244. The predicted octanol–water partition coefficient (Wildman–Crippen LogP) is 2.76. The molecule has 0 aromatic carbocycles. The molecule has 2 atom stereocenters. The van der Waals surface area contributed by atoms with E-state index in [1.54, 1.807) is 11.3 Å². The molecule has 2 rings (SSSR count). The molecule has 0 saturated heterocycles. The smallest absolute Gasteiger partial charge is 0.164 e. The van der Waals surface area contributed by atoms with Crippen molar-refractivity contribution in [1.29, 1.82) is 0 Å². The quantitative estimate of drug-likeness (QED) is 0.801. The Kier molecular flexibility index (Phi) is 3.22. The Balaban J connectivity index is 1.97. The second kappa shape index (κ2) is 4.45. The fourth-order valence-electron chi connectivity index (χ4n) is 2.26. The molecule has 1 aliphatic rings. The second-order valence-corrected chi connectivity index (χ2v) is 5.54. The third-order valence-electron chi connectivity index (χ3n) is 3.22. The summed E-state index contributed by atoms with van der Waals surface area (Å²) in [6, 6.07) is 2.22. The first-order chi connectivity index (χ1) is 7.16.